The van der Waals surface area contributed by atoms with Gasteiger partial charge >= 0.3 is 0 Å². The highest BCUT2D eigenvalue weighted by Crippen LogP contribution is 2.26. The second kappa shape index (κ2) is 7.03. The summed E-state index contributed by atoms with van der Waals surface area (Å²) < 4.78 is 40.3. The minimum atomic E-state index is -3.53. The molecule has 1 aliphatic heterocycles. The van der Waals surface area contributed by atoms with Crippen molar-refractivity contribution < 1.29 is 12.8 Å². The Morgan fingerprint density at radius 1 is 1.08 bits per heavy atom. The van der Waals surface area contributed by atoms with Crippen LogP contribution in [0.3, 0.4) is 0 Å². The molecule has 1 saturated heterocycles. The molecule has 0 bridgehead atoms. The van der Waals surface area contributed by atoms with Crippen LogP contribution in [0.25, 0.3) is 0 Å². The number of aryl methyl sites for hydroxylation is 1. The molecule has 24 heavy (non-hydrogen) atoms. The van der Waals surface area contributed by atoms with E-state index in [2.05, 4.69) is 12.1 Å². The minimum Gasteiger partial charge on any atom is -0.207 e. The van der Waals surface area contributed by atoms with E-state index in [1.807, 2.05) is 18.2 Å². The summed E-state index contributed by atoms with van der Waals surface area (Å²) in [5.41, 5.74) is 1.66. The third-order valence-corrected chi connectivity index (χ3v) is 6.60. The van der Waals surface area contributed by atoms with Gasteiger partial charge in [0, 0.05) is 13.1 Å². The van der Waals surface area contributed by atoms with Crippen molar-refractivity contribution in [3.8, 4) is 0 Å². The van der Waals surface area contributed by atoms with Crippen LogP contribution in [0, 0.1) is 18.7 Å². The van der Waals surface area contributed by atoms with Crippen molar-refractivity contribution in [2.45, 2.75) is 31.1 Å². The molecule has 0 radical (unpaired) electrons. The topological polar surface area (TPSA) is 37.4 Å². The molecule has 3 rings (SSSR count). The third-order valence-electron chi connectivity index (χ3n) is 4.71. The molecule has 5 heteroatoms. The quantitative estimate of drug-likeness (QED) is 0.844. The van der Waals surface area contributed by atoms with Crippen molar-refractivity contribution in [1.29, 1.82) is 0 Å². The highest BCUT2D eigenvalue weighted by Gasteiger charge is 2.29. The summed E-state index contributed by atoms with van der Waals surface area (Å²) in [7, 11) is -3.53. The molecule has 128 valence electrons. The van der Waals surface area contributed by atoms with Gasteiger partial charge in [0.05, 0.1) is 4.90 Å². The molecule has 1 aliphatic rings. The Bertz CT molecular complexity index is 797. The molecular weight excluding hydrogens is 325 g/mol. The molecule has 0 atom stereocenters. The first kappa shape index (κ1) is 17.1. The van der Waals surface area contributed by atoms with Crippen LogP contribution in [0.4, 0.5) is 4.39 Å². The van der Waals surface area contributed by atoms with E-state index in [4.69, 9.17) is 0 Å². The molecule has 0 saturated carbocycles. The Labute approximate surface area is 143 Å². The summed E-state index contributed by atoms with van der Waals surface area (Å²) in [6.07, 6.45) is 2.70. The fourth-order valence-electron chi connectivity index (χ4n) is 3.23. The largest absolute Gasteiger partial charge is 0.243 e. The van der Waals surface area contributed by atoms with Gasteiger partial charge < -0.3 is 0 Å². The minimum absolute atomic E-state index is 0.183. The van der Waals surface area contributed by atoms with Crippen molar-refractivity contribution in [2.24, 2.45) is 5.92 Å². The normalized spacial score (nSPS) is 17.1. The van der Waals surface area contributed by atoms with Crippen LogP contribution in [0.1, 0.15) is 24.0 Å². The van der Waals surface area contributed by atoms with Gasteiger partial charge in [0.1, 0.15) is 5.82 Å². The van der Waals surface area contributed by atoms with Gasteiger partial charge in [-0.2, -0.15) is 4.31 Å². The molecular formula is C19H22FNO2S. The van der Waals surface area contributed by atoms with Crippen molar-refractivity contribution in [2.75, 3.05) is 13.1 Å². The lowest BCUT2D eigenvalue weighted by Gasteiger charge is -2.31. The van der Waals surface area contributed by atoms with Crippen LogP contribution < -0.4 is 0 Å². The Kier molecular flexibility index (Phi) is 5.01. The number of benzene rings is 2. The van der Waals surface area contributed by atoms with Gasteiger partial charge in [-0.3, -0.25) is 0 Å². The average molecular weight is 347 g/mol. The number of rotatable bonds is 4. The van der Waals surface area contributed by atoms with E-state index in [1.54, 1.807) is 6.92 Å². The van der Waals surface area contributed by atoms with Crippen LogP contribution in [-0.2, 0) is 16.4 Å². The van der Waals surface area contributed by atoms with Crippen LogP contribution >= 0.6 is 0 Å². The van der Waals surface area contributed by atoms with Gasteiger partial charge in [-0.25, -0.2) is 12.8 Å². The number of halogens is 1. The average Bonchev–Trinajstić information content (AvgIpc) is 2.58. The Balaban J connectivity index is 1.66. The first-order valence-electron chi connectivity index (χ1n) is 8.27. The van der Waals surface area contributed by atoms with Crippen molar-refractivity contribution >= 4 is 10.0 Å². The first-order chi connectivity index (χ1) is 11.5. The predicted octanol–water partition coefficient (Wildman–Crippen LogP) is 3.78. The summed E-state index contributed by atoms with van der Waals surface area (Å²) in [5, 5.41) is 0. The molecule has 0 N–H and O–H groups in total. The van der Waals surface area contributed by atoms with E-state index in [-0.39, 0.29) is 10.7 Å². The first-order valence-corrected chi connectivity index (χ1v) is 9.71. The Morgan fingerprint density at radius 3 is 2.38 bits per heavy atom. The number of sulfonamides is 1. The molecule has 1 fully saturated rings. The summed E-state index contributed by atoms with van der Waals surface area (Å²) >= 11 is 0. The van der Waals surface area contributed by atoms with E-state index in [0.717, 1.165) is 19.3 Å². The van der Waals surface area contributed by atoms with Gasteiger partial charge in [-0.15, -0.1) is 0 Å². The van der Waals surface area contributed by atoms with Crippen LogP contribution in [0.5, 0.6) is 0 Å². The SMILES string of the molecule is Cc1cc(S(=O)(=O)N2CCC(Cc3ccccc3)CC2)ccc1F. The highest BCUT2D eigenvalue weighted by atomic mass is 32.2. The second-order valence-electron chi connectivity index (χ2n) is 6.45. The summed E-state index contributed by atoms with van der Waals surface area (Å²) in [6, 6.07) is 14.3. The van der Waals surface area contributed by atoms with Crippen LogP contribution in [-0.4, -0.2) is 25.8 Å². The maximum atomic E-state index is 13.4. The van der Waals surface area contributed by atoms with Crippen molar-refractivity contribution in [3.05, 3.63) is 65.5 Å². The number of hydrogen-bond acceptors (Lipinski definition) is 2. The molecule has 2 aromatic rings. The fourth-order valence-corrected chi connectivity index (χ4v) is 4.78. The summed E-state index contributed by atoms with van der Waals surface area (Å²) in [5.74, 6) is 0.129. The summed E-state index contributed by atoms with van der Waals surface area (Å²) in [6.45, 7) is 2.63. The van der Waals surface area contributed by atoms with E-state index in [1.165, 1.54) is 28.1 Å². The number of hydrogen-bond donors (Lipinski definition) is 0. The number of piperidine rings is 1. The third kappa shape index (κ3) is 3.68. The van der Waals surface area contributed by atoms with Crippen molar-refractivity contribution in [3.63, 3.8) is 0 Å². The van der Waals surface area contributed by atoms with E-state index >= 15 is 0 Å². The van der Waals surface area contributed by atoms with Crippen LogP contribution in [0.15, 0.2) is 53.4 Å². The van der Waals surface area contributed by atoms with Gasteiger partial charge in [0.15, 0.2) is 0 Å². The molecule has 0 unspecified atom stereocenters. The molecule has 0 amide bonds. The Morgan fingerprint density at radius 2 is 1.75 bits per heavy atom. The van der Waals surface area contributed by atoms with Gasteiger partial charge in [0.25, 0.3) is 0 Å². The lowest BCUT2D eigenvalue weighted by Crippen LogP contribution is -2.38. The molecule has 0 aromatic heterocycles. The van der Waals surface area contributed by atoms with E-state index in [9.17, 15) is 12.8 Å². The standard InChI is InChI=1S/C19H22FNO2S/c1-15-13-18(7-8-19(15)20)24(22,23)21-11-9-17(10-12-21)14-16-5-3-2-4-6-16/h2-8,13,17H,9-12,14H2,1H3. The summed E-state index contributed by atoms with van der Waals surface area (Å²) in [4.78, 5) is 0.183. The van der Waals surface area contributed by atoms with Gasteiger partial charge in [-0.1, -0.05) is 30.3 Å². The van der Waals surface area contributed by atoms with Crippen LogP contribution in [0.2, 0.25) is 0 Å². The zero-order valence-corrected chi connectivity index (χ0v) is 14.6. The lowest BCUT2D eigenvalue weighted by molar-refractivity contribution is 0.273. The highest BCUT2D eigenvalue weighted by molar-refractivity contribution is 7.89. The maximum absolute atomic E-state index is 13.4. The van der Waals surface area contributed by atoms with Gasteiger partial charge in [0.2, 0.25) is 10.0 Å². The predicted molar refractivity (Wildman–Crippen MR) is 92.8 cm³/mol. The van der Waals surface area contributed by atoms with Gasteiger partial charge in [-0.05, 0) is 61.4 Å². The second-order valence-corrected chi connectivity index (χ2v) is 8.39. The Hall–Kier alpha value is -1.72. The van der Waals surface area contributed by atoms with Crippen molar-refractivity contribution in [1.82, 2.24) is 4.31 Å². The lowest BCUT2D eigenvalue weighted by atomic mass is 9.91. The molecule has 0 spiro atoms. The number of nitrogens with zero attached hydrogens (tertiary/aromatic N) is 1. The van der Waals surface area contributed by atoms with E-state index in [0.29, 0.717) is 24.6 Å². The monoisotopic (exact) mass is 347 g/mol. The molecule has 3 nitrogen and oxygen atoms in total. The molecule has 0 aliphatic carbocycles. The molecule has 1 heterocycles. The zero-order valence-electron chi connectivity index (χ0n) is 13.8. The fraction of sp³-hybridized carbons (Fsp3) is 0.368. The molecule has 2 aromatic carbocycles. The smallest absolute Gasteiger partial charge is 0.207 e. The maximum Gasteiger partial charge on any atom is 0.243 e. The zero-order chi connectivity index (χ0) is 17.2. The van der Waals surface area contributed by atoms with E-state index < -0.39 is 10.0 Å².